The Kier molecular flexibility index (Phi) is 5.64. The van der Waals surface area contributed by atoms with Gasteiger partial charge in [0.2, 0.25) is 5.56 Å². The molecule has 2 N–H and O–H groups in total. The number of anilines is 2. The molecule has 4 aromatic rings. The van der Waals surface area contributed by atoms with Crippen molar-refractivity contribution < 1.29 is 9.47 Å². The van der Waals surface area contributed by atoms with E-state index in [1.165, 1.54) is 0 Å². The summed E-state index contributed by atoms with van der Waals surface area (Å²) in [5, 5.41) is 11.4. The highest BCUT2D eigenvalue weighted by molar-refractivity contribution is 5.74. The number of fused-ring (bicyclic) bond motifs is 2. The van der Waals surface area contributed by atoms with E-state index in [1.54, 1.807) is 12.3 Å². The summed E-state index contributed by atoms with van der Waals surface area (Å²) < 4.78 is 11.9. The van der Waals surface area contributed by atoms with E-state index in [0.717, 1.165) is 70.5 Å². The van der Waals surface area contributed by atoms with Crippen molar-refractivity contribution in [1.29, 1.82) is 0 Å². The van der Waals surface area contributed by atoms with Crippen LogP contribution in [0.3, 0.4) is 0 Å². The van der Waals surface area contributed by atoms with Crippen molar-refractivity contribution in [3.63, 3.8) is 0 Å². The van der Waals surface area contributed by atoms with Gasteiger partial charge in [-0.25, -0.2) is 0 Å². The Balaban J connectivity index is 1.27. The SMILES string of the molecule is O=c1cc(N2CCOCC2)cc(-c2cccc3c2Oc2ccc(NCc4cccnn4)cc2C3)[nH]1. The predicted octanol–water partition coefficient (Wildman–Crippen LogP) is 3.98. The first kappa shape index (κ1) is 21.4. The molecule has 0 aliphatic carbocycles. The summed E-state index contributed by atoms with van der Waals surface area (Å²) >= 11 is 0. The molecule has 1 saturated heterocycles. The highest BCUT2D eigenvalue weighted by atomic mass is 16.5. The van der Waals surface area contributed by atoms with E-state index in [1.807, 2.05) is 42.5 Å². The Bertz CT molecular complexity index is 1410. The van der Waals surface area contributed by atoms with Crippen LogP contribution in [-0.4, -0.2) is 41.5 Å². The molecule has 2 aromatic carbocycles. The van der Waals surface area contributed by atoms with Crippen LogP contribution in [0.5, 0.6) is 11.5 Å². The standard InChI is InChI=1S/C27H25N5O3/c33-26-16-22(32-9-11-34-12-10-32)15-24(30-26)23-5-1-3-18-13-19-14-20(6-7-25(19)35-27(18)23)28-17-21-4-2-8-29-31-21/h1-8,14-16,28H,9-13,17H2,(H,30,33). The molecule has 0 amide bonds. The molecule has 8 heteroatoms. The topological polar surface area (TPSA) is 92.4 Å². The molecule has 0 radical (unpaired) electrons. The van der Waals surface area contributed by atoms with E-state index >= 15 is 0 Å². The number of pyridine rings is 1. The highest BCUT2D eigenvalue weighted by Crippen LogP contribution is 2.43. The van der Waals surface area contributed by atoms with Crippen LogP contribution in [0.2, 0.25) is 0 Å². The maximum atomic E-state index is 12.5. The lowest BCUT2D eigenvalue weighted by atomic mass is 9.96. The maximum absolute atomic E-state index is 12.5. The van der Waals surface area contributed by atoms with Crippen molar-refractivity contribution >= 4 is 11.4 Å². The molecule has 0 bridgehead atoms. The Labute approximate surface area is 202 Å². The first-order valence-electron chi connectivity index (χ1n) is 11.7. The number of nitrogens with one attached hydrogen (secondary N) is 2. The number of rotatable bonds is 5. The second-order valence-electron chi connectivity index (χ2n) is 8.68. The van der Waals surface area contributed by atoms with E-state index < -0.39 is 0 Å². The number of benzene rings is 2. The number of H-pyrrole nitrogens is 1. The van der Waals surface area contributed by atoms with Gasteiger partial charge in [-0.15, -0.1) is 0 Å². The molecule has 0 saturated carbocycles. The minimum absolute atomic E-state index is 0.128. The van der Waals surface area contributed by atoms with Crippen LogP contribution in [-0.2, 0) is 17.7 Å². The van der Waals surface area contributed by atoms with Crippen LogP contribution in [0.15, 0.2) is 71.7 Å². The van der Waals surface area contributed by atoms with Gasteiger partial charge in [-0.2, -0.15) is 10.2 Å². The molecule has 176 valence electrons. The number of aromatic nitrogens is 3. The molecule has 8 nitrogen and oxygen atoms in total. The van der Waals surface area contributed by atoms with Crippen LogP contribution in [0, 0.1) is 0 Å². The van der Waals surface area contributed by atoms with Gasteiger partial charge in [0, 0.05) is 54.3 Å². The van der Waals surface area contributed by atoms with Crippen LogP contribution >= 0.6 is 0 Å². The van der Waals surface area contributed by atoms with Gasteiger partial charge in [-0.05, 0) is 48.0 Å². The normalized spacial score (nSPS) is 14.6. The fourth-order valence-electron chi connectivity index (χ4n) is 4.60. The van der Waals surface area contributed by atoms with E-state index in [9.17, 15) is 4.79 Å². The smallest absolute Gasteiger partial charge is 0.250 e. The van der Waals surface area contributed by atoms with Gasteiger partial charge in [-0.3, -0.25) is 4.79 Å². The van der Waals surface area contributed by atoms with Crippen molar-refractivity contribution in [2.24, 2.45) is 0 Å². The van der Waals surface area contributed by atoms with Gasteiger partial charge in [0.1, 0.15) is 11.5 Å². The van der Waals surface area contributed by atoms with Crippen molar-refractivity contribution in [2.45, 2.75) is 13.0 Å². The van der Waals surface area contributed by atoms with Crippen LogP contribution in [0.25, 0.3) is 11.3 Å². The predicted molar refractivity (Wildman–Crippen MR) is 134 cm³/mol. The molecule has 35 heavy (non-hydrogen) atoms. The minimum atomic E-state index is -0.128. The fourth-order valence-corrected chi connectivity index (χ4v) is 4.60. The van der Waals surface area contributed by atoms with Crippen LogP contribution in [0.1, 0.15) is 16.8 Å². The number of hydrogen-bond acceptors (Lipinski definition) is 7. The largest absolute Gasteiger partial charge is 0.456 e. The molecule has 2 aliphatic heterocycles. The van der Waals surface area contributed by atoms with Crippen molar-refractivity contribution in [3.8, 4) is 22.8 Å². The summed E-state index contributed by atoms with van der Waals surface area (Å²) in [5.74, 6) is 1.61. The first-order valence-corrected chi connectivity index (χ1v) is 11.7. The fraction of sp³-hybridized carbons (Fsp3) is 0.222. The molecule has 0 atom stereocenters. The third-order valence-corrected chi connectivity index (χ3v) is 6.35. The Morgan fingerprint density at radius 3 is 2.77 bits per heavy atom. The zero-order valence-corrected chi connectivity index (χ0v) is 19.2. The van der Waals surface area contributed by atoms with Crippen LogP contribution < -0.4 is 20.5 Å². The molecule has 0 spiro atoms. The molecule has 0 unspecified atom stereocenters. The highest BCUT2D eigenvalue weighted by Gasteiger charge is 2.22. The van der Waals surface area contributed by atoms with Gasteiger partial charge >= 0.3 is 0 Å². The summed E-state index contributed by atoms with van der Waals surface area (Å²) in [6, 6.07) is 19.7. The van der Waals surface area contributed by atoms with E-state index in [2.05, 4.69) is 37.5 Å². The summed E-state index contributed by atoms with van der Waals surface area (Å²) in [6.45, 7) is 3.47. The summed E-state index contributed by atoms with van der Waals surface area (Å²) in [4.78, 5) is 17.7. The molecule has 1 fully saturated rings. The van der Waals surface area contributed by atoms with Gasteiger partial charge in [0.05, 0.1) is 31.1 Å². The third-order valence-electron chi connectivity index (χ3n) is 6.35. The average molecular weight is 468 g/mol. The number of para-hydroxylation sites is 1. The number of hydrogen-bond donors (Lipinski definition) is 2. The molecule has 2 aliphatic rings. The molecule has 2 aromatic heterocycles. The lowest BCUT2D eigenvalue weighted by molar-refractivity contribution is 0.122. The van der Waals surface area contributed by atoms with Gasteiger partial charge < -0.3 is 24.7 Å². The van der Waals surface area contributed by atoms with Gasteiger partial charge in [0.15, 0.2) is 0 Å². The Hall–Kier alpha value is -4.17. The number of nitrogens with zero attached hydrogens (tertiary/aromatic N) is 3. The van der Waals surface area contributed by atoms with E-state index in [0.29, 0.717) is 19.8 Å². The molecule has 6 rings (SSSR count). The second-order valence-corrected chi connectivity index (χ2v) is 8.68. The minimum Gasteiger partial charge on any atom is -0.456 e. The monoisotopic (exact) mass is 467 g/mol. The van der Waals surface area contributed by atoms with Crippen molar-refractivity contribution in [3.05, 3.63) is 94.0 Å². The zero-order valence-electron chi connectivity index (χ0n) is 19.2. The number of aromatic amines is 1. The number of morpholine rings is 1. The summed E-state index contributed by atoms with van der Waals surface area (Å²) in [5.41, 5.74) is 6.47. The average Bonchev–Trinajstić information content (AvgIpc) is 2.91. The number of ether oxygens (including phenoxy) is 2. The quantitative estimate of drug-likeness (QED) is 0.404. The second kappa shape index (κ2) is 9.23. The molecule has 4 heterocycles. The van der Waals surface area contributed by atoms with E-state index in [4.69, 9.17) is 9.47 Å². The Morgan fingerprint density at radius 1 is 1.00 bits per heavy atom. The summed E-state index contributed by atoms with van der Waals surface area (Å²) in [6.07, 6.45) is 2.41. The summed E-state index contributed by atoms with van der Waals surface area (Å²) in [7, 11) is 0. The van der Waals surface area contributed by atoms with E-state index in [-0.39, 0.29) is 5.56 Å². The van der Waals surface area contributed by atoms with Crippen molar-refractivity contribution in [1.82, 2.24) is 15.2 Å². The maximum Gasteiger partial charge on any atom is 0.250 e. The molecular weight excluding hydrogens is 442 g/mol. The first-order chi connectivity index (χ1) is 17.2. The Morgan fingerprint density at radius 2 is 1.91 bits per heavy atom. The third kappa shape index (κ3) is 4.48. The lowest BCUT2D eigenvalue weighted by Gasteiger charge is -2.29. The molecular formula is C27H25N5O3. The van der Waals surface area contributed by atoms with Crippen LogP contribution in [0.4, 0.5) is 11.4 Å². The van der Waals surface area contributed by atoms with Gasteiger partial charge in [0.25, 0.3) is 0 Å². The zero-order chi connectivity index (χ0) is 23.6. The van der Waals surface area contributed by atoms with Crippen molar-refractivity contribution in [2.75, 3.05) is 36.5 Å². The van der Waals surface area contributed by atoms with Gasteiger partial charge in [-0.1, -0.05) is 12.1 Å². The lowest BCUT2D eigenvalue weighted by Crippen LogP contribution is -2.36.